The highest BCUT2D eigenvalue weighted by Gasteiger charge is 2.23. The van der Waals surface area contributed by atoms with E-state index in [0.717, 1.165) is 0 Å². The second kappa shape index (κ2) is 9.43. The third-order valence-electron chi connectivity index (χ3n) is 4.65. The van der Waals surface area contributed by atoms with E-state index in [-0.39, 0.29) is 16.9 Å². The van der Waals surface area contributed by atoms with Gasteiger partial charge in [0.1, 0.15) is 11.4 Å². The summed E-state index contributed by atoms with van der Waals surface area (Å²) in [7, 11) is 1.27. The Morgan fingerprint density at radius 1 is 1.13 bits per heavy atom. The second-order valence-electron chi connectivity index (χ2n) is 6.65. The molecule has 0 spiro atoms. The standard InChI is InChI=1S/C19H19F4N3O3S/c1-28-18(27)14-4-3-11(29-14)10-25-5-2-6-26(8-7-25)19(30)24-17-13(21)9-12(20)15(22)16(17)23/h3-4,9H,2,5-8,10H2,1H3,(H,24,30). The van der Waals surface area contributed by atoms with E-state index >= 15 is 0 Å². The largest absolute Gasteiger partial charge is 0.463 e. The predicted octanol–water partition coefficient (Wildman–Crippen LogP) is 3.53. The number of halogens is 4. The summed E-state index contributed by atoms with van der Waals surface area (Å²) in [5.41, 5.74) is -0.828. The summed E-state index contributed by atoms with van der Waals surface area (Å²) in [6.45, 7) is 2.64. The Balaban J connectivity index is 1.60. The summed E-state index contributed by atoms with van der Waals surface area (Å²) in [6, 6.07) is 3.49. The molecule has 0 unspecified atom stereocenters. The van der Waals surface area contributed by atoms with Crippen molar-refractivity contribution in [3.63, 3.8) is 0 Å². The van der Waals surface area contributed by atoms with Crippen molar-refractivity contribution in [3.05, 3.63) is 53.0 Å². The van der Waals surface area contributed by atoms with Crippen LogP contribution in [-0.4, -0.2) is 54.2 Å². The van der Waals surface area contributed by atoms with Crippen LogP contribution < -0.4 is 5.32 Å². The van der Waals surface area contributed by atoms with Crippen molar-refractivity contribution in [2.45, 2.75) is 13.0 Å². The molecule has 6 nitrogen and oxygen atoms in total. The van der Waals surface area contributed by atoms with Gasteiger partial charge in [0.05, 0.1) is 13.7 Å². The molecular formula is C19H19F4N3O3S. The third-order valence-corrected chi connectivity index (χ3v) is 5.01. The average Bonchev–Trinajstić information content (AvgIpc) is 3.06. The summed E-state index contributed by atoms with van der Waals surface area (Å²) < 4.78 is 64.3. The predicted molar refractivity (Wildman–Crippen MR) is 104 cm³/mol. The molecule has 2 heterocycles. The number of carbonyl (C=O) groups is 1. The molecular weight excluding hydrogens is 426 g/mol. The van der Waals surface area contributed by atoms with E-state index in [1.807, 2.05) is 0 Å². The van der Waals surface area contributed by atoms with Gasteiger partial charge in [0, 0.05) is 32.2 Å². The normalized spacial score (nSPS) is 15.0. The number of thiocarbonyl (C=S) groups is 1. The minimum atomic E-state index is -1.77. The number of esters is 1. The number of hydrogen-bond donors (Lipinski definition) is 1. The Labute approximate surface area is 175 Å². The molecule has 3 rings (SSSR count). The Bertz CT molecular complexity index is 953. The van der Waals surface area contributed by atoms with E-state index in [9.17, 15) is 22.4 Å². The minimum Gasteiger partial charge on any atom is -0.463 e. The molecule has 0 bridgehead atoms. The van der Waals surface area contributed by atoms with Gasteiger partial charge in [-0.15, -0.1) is 0 Å². The summed E-state index contributed by atoms with van der Waals surface area (Å²) in [5.74, 6) is -6.17. The van der Waals surface area contributed by atoms with Crippen LogP contribution in [0.5, 0.6) is 0 Å². The van der Waals surface area contributed by atoms with Crippen molar-refractivity contribution < 1.29 is 31.5 Å². The number of nitrogens with one attached hydrogen (secondary N) is 1. The zero-order chi connectivity index (χ0) is 21.8. The second-order valence-corrected chi connectivity index (χ2v) is 7.03. The van der Waals surface area contributed by atoms with Crippen LogP contribution >= 0.6 is 12.2 Å². The zero-order valence-electron chi connectivity index (χ0n) is 16.0. The molecule has 1 aromatic carbocycles. The maximum atomic E-state index is 13.9. The van der Waals surface area contributed by atoms with Crippen LogP contribution in [0.4, 0.5) is 23.2 Å². The third kappa shape index (κ3) is 4.90. The topological polar surface area (TPSA) is 58.0 Å². The molecule has 1 aliphatic heterocycles. The molecule has 0 aliphatic carbocycles. The van der Waals surface area contributed by atoms with E-state index in [1.165, 1.54) is 13.2 Å². The lowest BCUT2D eigenvalue weighted by Gasteiger charge is -2.24. The Morgan fingerprint density at radius 2 is 1.90 bits per heavy atom. The lowest BCUT2D eigenvalue weighted by Crippen LogP contribution is -2.38. The number of ether oxygens (including phenoxy) is 1. The van der Waals surface area contributed by atoms with Gasteiger partial charge < -0.3 is 19.4 Å². The summed E-state index contributed by atoms with van der Waals surface area (Å²) in [4.78, 5) is 15.2. The van der Waals surface area contributed by atoms with Gasteiger partial charge in [-0.1, -0.05) is 0 Å². The number of anilines is 1. The molecule has 2 aromatic rings. The van der Waals surface area contributed by atoms with Crippen LogP contribution in [0.2, 0.25) is 0 Å². The maximum absolute atomic E-state index is 13.9. The molecule has 0 saturated carbocycles. The first kappa shape index (κ1) is 22.0. The average molecular weight is 445 g/mol. The van der Waals surface area contributed by atoms with Gasteiger partial charge in [-0.05, 0) is 30.8 Å². The first-order valence-corrected chi connectivity index (χ1v) is 9.49. The van der Waals surface area contributed by atoms with Crippen LogP contribution in [0, 0.1) is 23.3 Å². The SMILES string of the molecule is COC(=O)c1ccc(CN2CCCN(C(=S)Nc3c(F)cc(F)c(F)c3F)CC2)o1. The monoisotopic (exact) mass is 445 g/mol. The lowest BCUT2D eigenvalue weighted by molar-refractivity contribution is 0.0561. The number of furan rings is 1. The van der Waals surface area contributed by atoms with Crippen molar-refractivity contribution in [3.8, 4) is 0 Å². The van der Waals surface area contributed by atoms with Crippen molar-refractivity contribution in [2.24, 2.45) is 0 Å². The molecule has 0 amide bonds. The number of benzene rings is 1. The maximum Gasteiger partial charge on any atom is 0.373 e. The summed E-state index contributed by atoms with van der Waals surface area (Å²) >= 11 is 5.20. The van der Waals surface area contributed by atoms with E-state index < -0.39 is 34.9 Å². The first-order chi connectivity index (χ1) is 14.3. The van der Waals surface area contributed by atoms with Crippen LogP contribution in [0.3, 0.4) is 0 Å². The number of rotatable bonds is 4. The number of nitrogens with zero attached hydrogens (tertiary/aromatic N) is 2. The first-order valence-electron chi connectivity index (χ1n) is 9.08. The fraction of sp³-hybridized carbons (Fsp3) is 0.368. The molecule has 1 fully saturated rings. The smallest absolute Gasteiger partial charge is 0.373 e. The number of carbonyl (C=O) groups excluding carboxylic acids is 1. The van der Waals surface area contributed by atoms with Crippen molar-refractivity contribution in [1.82, 2.24) is 9.80 Å². The molecule has 0 radical (unpaired) electrons. The fourth-order valence-corrected chi connectivity index (χ4v) is 3.38. The number of methoxy groups -OCH3 is 1. The van der Waals surface area contributed by atoms with E-state index in [4.69, 9.17) is 16.6 Å². The van der Waals surface area contributed by atoms with Crippen molar-refractivity contribution in [2.75, 3.05) is 38.6 Å². The van der Waals surface area contributed by atoms with Crippen LogP contribution in [0.15, 0.2) is 22.6 Å². The zero-order valence-corrected chi connectivity index (χ0v) is 16.8. The molecule has 1 N–H and O–H groups in total. The van der Waals surface area contributed by atoms with Crippen LogP contribution in [-0.2, 0) is 11.3 Å². The lowest BCUT2D eigenvalue weighted by atomic mass is 10.2. The number of hydrogen-bond acceptors (Lipinski definition) is 5. The summed E-state index contributed by atoms with van der Waals surface area (Å²) in [6.07, 6.45) is 0.690. The molecule has 30 heavy (non-hydrogen) atoms. The molecule has 0 atom stereocenters. The van der Waals surface area contributed by atoms with Gasteiger partial charge in [-0.2, -0.15) is 0 Å². The quantitative estimate of drug-likeness (QED) is 0.254. The van der Waals surface area contributed by atoms with E-state index in [1.54, 1.807) is 11.0 Å². The van der Waals surface area contributed by atoms with Crippen LogP contribution in [0.25, 0.3) is 0 Å². The van der Waals surface area contributed by atoms with E-state index in [0.29, 0.717) is 44.9 Å². The minimum absolute atomic E-state index is 0.00614. The highest BCUT2D eigenvalue weighted by atomic mass is 32.1. The Hall–Kier alpha value is -2.66. The van der Waals surface area contributed by atoms with Crippen molar-refractivity contribution in [1.29, 1.82) is 0 Å². The molecule has 1 aliphatic rings. The Morgan fingerprint density at radius 3 is 2.63 bits per heavy atom. The van der Waals surface area contributed by atoms with Gasteiger partial charge in [-0.3, -0.25) is 4.90 Å². The molecule has 1 saturated heterocycles. The van der Waals surface area contributed by atoms with Gasteiger partial charge >= 0.3 is 5.97 Å². The van der Waals surface area contributed by atoms with E-state index in [2.05, 4.69) is 15.0 Å². The van der Waals surface area contributed by atoms with Gasteiger partial charge in [-0.25, -0.2) is 22.4 Å². The molecule has 11 heteroatoms. The fourth-order valence-electron chi connectivity index (χ4n) is 3.09. The van der Waals surface area contributed by atoms with Gasteiger partial charge in [0.25, 0.3) is 0 Å². The highest BCUT2D eigenvalue weighted by molar-refractivity contribution is 7.80. The molecule has 162 valence electrons. The van der Waals surface area contributed by atoms with Crippen LogP contribution in [0.1, 0.15) is 22.7 Å². The van der Waals surface area contributed by atoms with Gasteiger partial charge in [0.2, 0.25) is 5.76 Å². The molecule has 1 aromatic heterocycles. The Kier molecular flexibility index (Phi) is 6.93. The van der Waals surface area contributed by atoms with Gasteiger partial charge in [0.15, 0.2) is 28.4 Å². The highest BCUT2D eigenvalue weighted by Crippen LogP contribution is 2.24. The van der Waals surface area contributed by atoms with Crippen molar-refractivity contribution >= 4 is 29.0 Å². The summed E-state index contributed by atoms with van der Waals surface area (Å²) in [5, 5.41) is 2.35.